The third-order valence-corrected chi connectivity index (χ3v) is 4.30. The van der Waals surface area contributed by atoms with E-state index in [0.717, 1.165) is 29.9 Å². The van der Waals surface area contributed by atoms with Gasteiger partial charge in [0.1, 0.15) is 5.76 Å². The van der Waals surface area contributed by atoms with Gasteiger partial charge in [-0.25, -0.2) is 8.78 Å². The molecular weight excluding hydrogens is 260 g/mol. The molecule has 0 bridgehead atoms. The van der Waals surface area contributed by atoms with E-state index in [-0.39, 0.29) is 18.8 Å². The van der Waals surface area contributed by atoms with Crippen LogP contribution < -0.4 is 0 Å². The molecule has 0 spiro atoms. The number of rotatable bonds is 3. The molecule has 0 amide bonds. The molecule has 2 aliphatic rings. The monoisotopic (exact) mass is 275 g/mol. The molecule has 100 valence electrons. The first-order valence-corrected chi connectivity index (χ1v) is 7.06. The van der Waals surface area contributed by atoms with Crippen LogP contribution in [0, 0.1) is 0 Å². The van der Waals surface area contributed by atoms with E-state index in [2.05, 4.69) is 5.16 Å². The smallest absolute Gasteiger partial charge is 0.248 e. The second-order valence-corrected chi connectivity index (χ2v) is 5.72. The first-order chi connectivity index (χ1) is 8.61. The fourth-order valence-electron chi connectivity index (χ4n) is 2.77. The summed E-state index contributed by atoms with van der Waals surface area (Å²) in [5.41, 5.74) is 1.80. The molecule has 5 heteroatoms. The molecule has 2 saturated carbocycles. The molecule has 1 aromatic rings. The van der Waals surface area contributed by atoms with Crippen LogP contribution in [0.5, 0.6) is 0 Å². The third-order valence-electron chi connectivity index (χ3n) is 4.03. The van der Waals surface area contributed by atoms with Crippen molar-refractivity contribution in [3.05, 3.63) is 17.0 Å². The summed E-state index contributed by atoms with van der Waals surface area (Å²) in [7, 11) is 0. The fraction of sp³-hybridized carbons (Fsp3) is 0.769. The molecular formula is C13H16ClF2NO. The van der Waals surface area contributed by atoms with Gasteiger partial charge in [0.05, 0.1) is 11.6 Å². The number of nitrogens with zero attached hydrogens (tertiary/aromatic N) is 1. The zero-order chi connectivity index (χ0) is 12.8. The van der Waals surface area contributed by atoms with Crippen molar-refractivity contribution in [1.29, 1.82) is 0 Å². The standard InChI is InChI=1S/C13H16ClF2NO/c14-7-10-11(17-18-12(10)9-1-2-9)8-3-5-13(15,16)6-4-8/h8-9H,1-7H2. The molecule has 2 fully saturated rings. The van der Waals surface area contributed by atoms with Crippen LogP contribution in [0.25, 0.3) is 0 Å². The molecule has 0 aromatic carbocycles. The van der Waals surface area contributed by atoms with E-state index in [9.17, 15) is 8.78 Å². The van der Waals surface area contributed by atoms with Crippen LogP contribution in [-0.2, 0) is 5.88 Å². The first-order valence-electron chi connectivity index (χ1n) is 6.53. The second kappa shape index (κ2) is 4.48. The topological polar surface area (TPSA) is 26.0 Å². The summed E-state index contributed by atoms with van der Waals surface area (Å²) < 4.78 is 31.7. The minimum absolute atomic E-state index is 0.0506. The van der Waals surface area contributed by atoms with E-state index in [1.807, 2.05) is 0 Å². The quantitative estimate of drug-likeness (QED) is 0.755. The van der Waals surface area contributed by atoms with Gasteiger partial charge in [-0.3, -0.25) is 0 Å². The van der Waals surface area contributed by atoms with Crippen molar-refractivity contribution in [3.63, 3.8) is 0 Å². The number of aromatic nitrogens is 1. The van der Waals surface area contributed by atoms with E-state index in [1.54, 1.807) is 0 Å². The van der Waals surface area contributed by atoms with Gasteiger partial charge in [0.15, 0.2) is 0 Å². The average molecular weight is 276 g/mol. The number of hydrogen-bond donors (Lipinski definition) is 0. The van der Waals surface area contributed by atoms with Crippen LogP contribution in [0.15, 0.2) is 4.52 Å². The Bertz CT molecular complexity index is 432. The predicted molar refractivity (Wildman–Crippen MR) is 64.2 cm³/mol. The molecule has 0 saturated heterocycles. The van der Waals surface area contributed by atoms with Gasteiger partial charge in [-0.05, 0) is 25.7 Å². The maximum absolute atomic E-state index is 13.1. The summed E-state index contributed by atoms with van der Waals surface area (Å²) in [6.07, 6.45) is 3.11. The van der Waals surface area contributed by atoms with Crippen molar-refractivity contribution < 1.29 is 13.3 Å². The maximum atomic E-state index is 13.1. The van der Waals surface area contributed by atoms with Gasteiger partial charge in [0, 0.05) is 30.2 Å². The predicted octanol–water partition coefficient (Wildman–Crippen LogP) is 4.58. The Morgan fingerprint density at radius 3 is 2.39 bits per heavy atom. The molecule has 0 aliphatic heterocycles. The summed E-state index contributed by atoms with van der Waals surface area (Å²) >= 11 is 5.98. The maximum Gasteiger partial charge on any atom is 0.248 e. The second-order valence-electron chi connectivity index (χ2n) is 5.45. The van der Waals surface area contributed by atoms with E-state index in [4.69, 9.17) is 16.1 Å². The summed E-state index contributed by atoms with van der Waals surface area (Å²) in [6, 6.07) is 0. The van der Waals surface area contributed by atoms with Gasteiger partial charge in [0.25, 0.3) is 0 Å². The minimum atomic E-state index is -2.50. The lowest BCUT2D eigenvalue weighted by Crippen LogP contribution is -2.24. The zero-order valence-electron chi connectivity index (χ0n) is 10.1. The number of alkyl halides is 3. The molecule has 1 aromatic heterocycles. The van der Waals surface area contributed by atoms with Crippen molar-refractivity contribution in [2.24, 2.45) is 0 Å². The van der Waals surface area contributed by atoms with Crippen molar-refractivity contribution >= 4 is 11.6 Å². The van der Waals surface area contributed by atoms with Crippen LogP contribution in [0.4, 0.5) is 8.78 Å². The SMILES string of the molecule is FC1(F)CCC(c2noc(C3CC3)c2CCl)CC1. The van der Waals surface area contributed by atoms with Gasteiger partial charge < -0.3 is 4.52 Å². The Balaban J connectivity index is 1.80. The van der Waals surface area contributed by atoms with E-state index in [1.165, 1.54) is 0 Å². The Morgan fingerprint density at radius 2 is 1.83 bits per heavy atom. The highest BCUT2D eigenvalue weighted by Crippen LogP contribution is 2.46. The molecule has 18 heavy (non-hydrogen) atoms. The van der Waals surface area contributed by atoms with Gasteiger partial charge >= 0.3 is 0 Å². The largest absolute Gasteiger partial charge is 0.360 e. The number of hydrogen-bond acceptors (Lipinski definition) is 2. The van der Waals surface area contributed by atoms with Crippen molar-refractivity contribution in [1.82, 2.24) is 5.16 Å². The molecule has 0 unspecified atom stereocenters. The average Bonchev–Trinajstić information content (AvgIpc) is 3.09. The van der Waals surface area contributed by atoms with Crippen LogP contribution in [-0.4, -0.2) is 11.1 Å². The summed E-state index contributed by atoms with van der Waals surface area (Å²) in [5.74, 6) is -0.671. The molecule has 0 radical (unpaired) electrons. The lowest BCUT2D eigenvalue weighted by Gasteiger charge is -2.27. The molecule has 2 aliphatic carbocycles. The highest BCUT2D eigenvalue weighted by molar-refractivity contribution is 6.17. The van der Waals surface area contributed by atoms with Crippen molar-refractivity contribution in [3.8, 4) is 0 Å². The third kappa shape index (κ3) is 2.27. The Morgan fingerprint density at radius 1 is 1.17 bits per heavy atom. The van der Waals surface area contributed by atoms with Gasteiger partial charge in [0.2, 0.25) is 5.92 Å². The van der Waals surface area contributed by atoms with E-state index in [0.29, 0.717) is 24.6 Å². The van der Waals surface area contributed by atoms with E-state index >= 15 is 0 Å². The van der Waals surface area contributed by atoms with Crippen molar-refractivity contribution in [2.75, 3.05) is 0 Å². The van der Waals surface area contributed by atoms with E-state index < -0.39 is 5.92 Å². The Labute approximate surface area is 110 Å². The van der Waals surface area contributed by atoms with Crippen LogP contribution in [0.1, 0.15) is 67.4 Å². The summed E-state index contributed by atoms with van der Waals surface area (Å²) in [5, 5.41) is 4.12. The van der Waals surface area contributed by atoms with Crippen molar-refractivity contribution in [2.45, 2.75) is 62.2 Å². The summed E-state index contributed by atoms with van der Waals surface area (Å²) in [6.45, 7) is 0. The summed E-state index contributed by atoms with van der Waals surface area (Å²) in [4.78, 5) is 0. The Hall–Kier alpha value is -0.640. The zero-order valence-corrected chi connectivity index (χ0v) is 10.8. The molecule has 2 nitrogen and oxygen atoms in total. The Kier molecular flexibility index (Phi) is 3.08. The lowest BCUT2D eigenvalue weighted by atomic mass is 9.83. The molecule has 0 atom stereocenters. The van der Waals surface area contributed by atoms with Crippen LogP contribution >= 0.6 is 11.6 Å². The highest BCUT2D eigenvalue weighted by atomic mass is 35.5. The van der Waals surface area contributed by atoms with Crippen LogP contribution in [0.3, 0.4) is 0 Å². The first kappa shape index (κ1) is 12.4. The molecule has 3 rings (SSSR count). The normalized spacial score (nSPS) is 24.4. The van der Waals surface area contributed by atoms with Gasteiger partial charge in [-0.2, -0.15) is 0 Å². The molecule has 0 N–H and O–H groups in total. The lowest BCUT2D eigenvalue weighted by molar-refractivity contribution is -0.0387. The van der Waals surface area contributed by atoms with Gasteiger partial charge in [-0.15, -0.1) is 11.6 Å². The fourth-order valence-corrected chi connectivity index (χ4v) is 3.04. The number of halogens is 3. The van der Waals surface area contributed by atoms with Crippen LogP contribution in [0.2, 0.25) is 0 Å². The van der Waals surface area contributed by atoms with Gasteiger partial charge in [-0.1, -0.05) is 5.16 Å². The molecule has 1 heterocycles. The minimum Gasteiger partial charge on any atom is -0.360 e. The highest BCUT2D eigenvalue weighted by Gasteiger charge is 2.39.